The van der Waals surface area contributed by atoms with Gasteiger partial charge in [0.15, 0.2) is 0 Å². The van der Waals surface area contributed by atoms with Crippen LogP contribution >= 0.6 is 0 Å². The second kappa shape index (κ2) is 7.62. The minimum Gasteiger partial charge on any atom is -0.378 e. The molecule has 1 aromatic rings. The summed E-state index contributed by atoms with van der Waals surface area (Å²) in [7, 11) is 0. The van der Waals surface area contributed by atoms with Crippen LogP contribution < -0.4 is 10.2 Å². The van der Waals surface area contributed by atoms with Gasteiger partial charge in [-0.05, 0) is 49.9 Å². The van der Waals surface area contributed by atoms with Crippen LogP contribution in [0.2, 0.25) is 0 Å². The van der Waals surface area contributed by atoms with Gasteiger partial charge in [0, 0.05) is 25.3 Å². The van der Waals surface area contributed by atoms with Crippen molar-refractivity contribution in [2.45, 2.75) is 32.2 Å². The Labute approximate surface area is 128 Å². The number of hydrogen-bond donors (Lipinski definition) is 1. The van der Waals surface area contributed by atoms with E-state index in [4.69, 9.17) is 4.74 Å². The molecule has 114 valence electrons. The number of anilines is 1. The Kier molecular flexibility index (Phi) is 5.30. The Bertz CT molecular complexity index is 461. The molecule has 1 aromatic carbocycles. The van der Waals surface area contributed by atoms with Crippen LogP contribution in [0.3, 0.4) is 0 Å². The van der Waals surface area contributed by atoms with Crippen molar-refractivity contribution >= 4 is 5.69 Å². The zero-order valence-electron chi connectivity index (χ0n) is 12.8. The molecule has 2 aliphatic rings. The first kappa shape index (κ1) is 14.6. The molecule has 1 fully saturated rings. The highest BCUT2D eigenvalue weighted by atomic mass is 16.5. The Morgan fingerprint density at radius 3 is 2.62 bits per heavy atom. The largest absolute Gasteiger partial charge is 0.378 e. The van der Waals surface area contributed by atoms with E-state index in [-0.39, 0.29) is 0 Å². The molecule has 0 aromatic heterocycles. The van der Waals surface area contributed by atoms with Crippen molar-refractivity contribution < 1.29 is 4.74 Å². The number of nitrogens with one attached hydrogen (secondary N) is 1. The lowest BCUT2D eigenvalue weighted by molar-refractivity contribution is 0.122. The smallest absolute Gasteiger partial charge is 0.0642 e. The number of morpholine rings is 1. The minimum atomic E-state index is 0.846. The molecule has 0 bridgehead atoms. The molecule has 0 amide bonds. The fourth-order valence-corrected chi connectivity index (χ4v) is 3.09. The molecule has 3 nitrogen and oxygen atoms in total. The summed E-state index contributed by atoms with van der Waals surface area (Å²) in [6.07, 6.45) is 7.59. The normalized spacial score (nSPS) is 18.9. The van der Waals surface area contributed by atoms with Gasteiger partial charge in [0.05, 0.1) is 13.2 Å². The predicted molar refractivity (Wildman–Crippen MR) is 87.7 cm³/mol. The fourth-order valence-electron chi connectivity index (χ4n) is 3.09. The van der Waals surface area contributed by atoms with E-state index >= 15 is 0 Å². The maximum Gasteiger partial charge on any atom is 0.0642 e. The van der Waals surface area contributed by atoms with Crippen LogP contribution in [0.15, 0.2) is 35.9 Å². The summed E-state index contributed by atoms with van der Waals surface area (Å²) < 4.78 is 5.40. The summed E-state index contributed by atoms with van der Waals surface area (Å²) in [6.45, 7) is 5.77. The first-order chi connectivity index (χ1) is 10.4. The average Bonchev–Trinajstić information content (AvgIpc) is 3.06. The van der Waals surface area contributed by atoms with Gasteiger partial charge < -0.3 is 15.0 Å². The first-order valence-corrected chi connectivity index (χ1v) is 8.22. The zero-order valence-corrected chi connectivity index (χ0v) is 12.8. The van der Waals surface area contributed by atoms with Crippen LogP contribution in [-0.2, 0) is 11.3 Å². The van der Waals surface area contributed by atoms with Crippen molar-refractivity contribution in [2.24, 2.45) is 0 Å². The Balaban J connectivity index is 1.41. The van der Waals surface area contributed by atoms with Crippen molar-refractivity contribution in [3.05, 3.63) is 41.5 Å². The third-order valence-corrected chi connectivity index (χ3v) is 4.40. The van der Waals surface area contributed by atoms with Crippen molar-refractivity contribution in [3.8, 4) is 0 Å². The molecule has 1 heterocycles. The molecule has 0 radical (unpaired) electrons. The van der Waals surface area contributed by atoms with Gasteiger partial charge in [-0.3, -0.25) is 0 Å². The van der Waals surface area contributed by atoms with Gasteiger partial charge in [-0.2, -0.15) is 0 Å². The van der Waals surface area contributed by atoms with E-state index in [1.807, 2.05) is 0 Å². The Hall–Kier alpha value is -1.32. The molecule has 1 aliphatic heterocycles. The molecule has 1 N–H and O–H groups in total. The van der Waals surface area contributed by atoms with Gasteiger partial charge in [0.25, 0.3) is 0 Å². The van der Waals surface area contributed by atoms with Gasteiger partial charge in [0.1, 0.15) is 0 Å². The van der Waals surface area contributed by atoms with E-state index in [1.54, 1.807) is 5.57 Å². The predicted octanol–water partition coefficient (Wildman–Crippen LogP) is 3.11. The van der Waals surface area contributed by atoms with Gasteiger partial charge in [-0.25, -0.2) is 0 Å². The second-order valence-electron chi connectivity index (χ2n) is 5.95. The van der Waals surface area contributed by atoms with E-state index in [0.29, 0.717) is 0 Å². The maximum absolute atomic E-state index is 5.40. The number of nitrogens with zero attached hydrogens (tertiary/aromatic N) is 1. The van der Waals surface area contributed by atoms with E-state index in [2.05, 4.69) is 40.6 Å². The molecule has 3 heteroatoms. The fraction of sp³-hybridized carbons (Fsp3) is 0.556. The summed E-state index contributed by atoms with van der Waals surface area (Å²) in [5, 5.41) is 3.55. The van der Waals surface area contributed by atoms with Crippen LogP contribution in [0, 0.1) is 0 Å². The number of rotatable bonds is 6. The molecule has 1 aliphatic carbocycles. The lowest BCUT2D eigenvalue weighted by Crippen LogP contribution is -2.36. The topological polar surface area (TPSA) is 24.5 Å². The zero-order chi connectivity index (χ0) is 14.3. The van der Waals surface area contributed by atoms with Gasteiger partial charge >= 0.3 is 0 Å². The summed E-state index contributed by atoms with van der Waals surface area (Å²) in [5.41, 5.74) is 4.33. The second-order valence-corrected chi connectivity index (χ2v) is 5.95. The molecule has 0 unspecified atom stereocenters. The summed E-state index contributed by atoms with van der Waals surface area (Å²) >= 11 is 0. The molecule has 0 spiro atoms. The molecule has 21 heavy (non-hydrogen) atoms. The van der Waals surface area contributed by atoms with Crippen molar-refractivity contribution in [2.75, 3.05) is 37.7 Å². The maximum atomic E-state index is 5.40. The molecular formula is C18H26N2O. The van der Waals surface area contributed by atoms with Gasteiger partial charge in [-0.15, -0.1) is 0 Å². The Morgan fingerprint density at radius 2 is 1.90 bits per heavy atom. The van der Waals surface area contributed by atoms with Crippen molar-refractivity contribution in [1.29, 1.82) is 0 Å². The monoisotopic (exact) mass is 286 g/mol. The van der Waals surface area contributed by atoms with Crippen molar-refractivity contribution in [1.82, 2.24) is 5.32 Å². The third-order valence-electron chi connectivity index (χ3n) is 4.40. The lowest BCUT2D eigenvalue weighted by atomic mass is 10.1. The lowest BCUT2D eigenvalue weighted by Gasteiger charge is -2.28. The number of hydrogen-bond acceptors (Lipinski definition) is 3. The molecule has 1 saturated heterocycles. The molecule has 3 rings (SSSR count). The summed E-state index contributed by atoms with van der Waals surface area (Å²) in [6, 6.07) is 8.96. The van der Waals surface area contributed by atoms with Crippen LogP contribution in [0.4, 0.5) is 5.69 Å². The average molecular weight is 286 g/mol. The highest BCUT2D eigenvalue weighted by Crippen LogP contribution is 2.20. The van der Waals surface area contributed by atoms with E-state index < -0.39 is 0 Å². The van der Waals surface area contributed by atoms with Crippen molar-refractivity contribution in [3.63, 3.8) is 0 Å². The summed E-state index contributed by atoms with van der Waals surface area (Å²) in [5.74, 6) is 0. The summed E-state index contributed by atoms with van der Waals surface area (Å²) in [4.78, 5) is 2.40. The molecular weight excluding hydrogens is 260 g/mol. The highest BCUT2D eigenvalue weighted by Gasteiger charge is 2.10. The van der Waals surface area contributed by atoms with Gasteiger partial charge in [-0.1, -0.05) is 23.8 Å². The van der Waals surface area contributed by atoms with Crippen LogP contribution in [0.1, 0.15) is 31.2 Å². The van der Waals surface area contributed by atoms with Crippen LogP contribution in [0.5, 0.6) is 0 Å². The van der Waals surface area contributed by atoms with E-state index in [0.717, 1.165) is 39.4 Å². The highest BCUT2D eigenvalue weighted by molar-refractivity contribution is 5.47. The first-order valence-electron chi connectivity index (χ1n) is 8.22. The third kappa shape index (κ3) is 4.32. The molecule has 0 saturated carbocycles. The number of allylic oxidation sites excluding steroid dienone is 1. The standard InChI is InChI=1S/C18H26N2O/c1-2-4-16(3-1)9-10-19-15-17-5-7-18(8-6-17)20-11-13-21-14-12-20/h3,5-8,19H,1-2,4,9-15H2. The van der Waals surface area contributed by atoms with Crippen LogP contribution in [-0.4, -0.2) is 32.8 Å². The van der Waals surface area contributed by atoms with E-state index in [9.17, 15) is 0 Å². The SMILES string of the molecule is C1=C(CCNCc2ccc(N3CCOCC3)cc2)CCC1. The number of benzene rings is 1. The van der Waals surface area contributed by atoms with Gasteiger partial charge in [0.2, 0.25) is 0 Å². The Morgan fingerprint density at radius 1 is 1.10 bits per heavy atom. The minimum absolute atomic E-state index is 0.846. The number of ether oxygens (including phenoxy) is 1. The van der Waals surface area contributed by atoms with Crippen LogP contribution in [0.25, 0.3) is 0 Å². The van der Waals surface area contributed by atoms with E-state index in [1.165, 1.54) is 36.9 Å². The quantitative estimate of drug-likeness (QED) is 0.642. The molecule has 0 atom stereocenters.